The standard InChI is InChI=1S/C11H20N4S/c1-4-10(5-11(12)13)15(3)6-9-7-16-8(2)14-9/h7,10H,4-6H2,1-3H3,(H3,12,13). The molecule has 1 heterocycles. The monoisotopic (exact) mass is 240 g/mol. The van der Waals surface area contributed by atoms with Crippen LogP contribution < -0.4 is 5.73 Å². The van der Waals surface area contributed by atoms with Gasteiger partial charge in [0.25, 0.3) is 0 Å². The predicted octanol–water partition coefficient (Wildman–Crippen LogP) is 1.99. The van der Waals surface area contributed by atoms with E-state index in [2.05, 4.69) is 29.2 Å². The first kappa shape index (κ1) is 13.1. The topological polar surface area (TPSA) is 66.0 Å². The minimum atomic E-state index is 0.258. The van der Waals surface area contributed by atoms with Crippen molar-refractivity contribution in [3.05, 3.63) is 16.1 Å². The molecule has 0 saturated carbocycles. The minimum absolute atomic E-state index is 0.258. The van der Waals surface area contributed by atoms with Gasteiger partial charge in [0, 0.05) is 24.4 Å². The van der Waals surface area contributed by atoms with E-state index in [4.69, 9.17) is 11.1 Å². The lowest BCUT2D eigenvalue weighted by Gasteiger charge is -2.25. The van der Waals surface area contributed by atoms with E-state index < -0.39 is 0 Å². The third-order valence-corrected chi connectivity index (χ3v) is 3.45. The van der Waals surface area contributed by atoms with Gasteiger partial charge in [-0.25, -0.2) is 4.98 Å². The number of aryl methyl sites for hydroxylation is 1. The van der Waals surface area contributed by atoms with Crippen LogP contribution >= 0.6 is 11.3 Å². The predicted molar refractivity (Wildman–Crippen MR) is 68.9 cm³/mol. The van der Waals surface area contributed by atoms with E-state index in [1.165, 1.54) is 0 Å². The molecule has 1 aromatic heterocycles. The average Bonchev–Trinajstić information content (AvgIpc) is 2.60. The van der Waals surface area contributed by atoms with Crippen molar-refractivity contribution >= 4 is 17.2 Å². The van der Waals surface area contributed by atoms with Crippen LogP contribution in [0.4, 0.5) is 0 Å². The number of aromatic nitrogens is 1. The fourth-order valence-electron chi connectivity index (χ4n) is 1.73. The van der Waals surface area contributed by atoms with Crippen LogP contribution in [0.25, 0.3) is 0 Å². The molecule has 90 valence electrons. The summed E-state index contributed by atoms with van der Waals surface area (Å²) >= 11 is 1.67. The van der Waals surface area contributed by atoms with E-state index in [1.54, 1.807) is 11.3 Å². The van der Waals surface area contributed by atoms with Crippen LogP contribution in [0.3, 0.4) is 0 Å². The SMILES string of the molecule is CCC(CC(=N)N)N(C)Cc1csc(C)n1. The van der Waals surface area contributed by atoms with Gasteiger partial charge in [0.15, 0.2) is 0 Å². The summed E-state index contributed by atoms with van der Waals surface area (Å²) < 4.78 is 0. The second-order valence-corrected chi connectivity index (χ2v) is 5.13. The van der Waals surface area contributed by atoms with Gasteiger partial charge in [-0.15, -0.1) is 11.3 Å². The molecule has 0 aliphatic carbocycles. The van der Waals surface area contributed by atoms with Gasteiger partial charge < -0.3 is 5.73 Å². The van der Waals surface area contributed by atoms with Crippen LogP contribution in [-0.2, 0) is 6.54 Å². The summed E-state index contributed by atoms with van der Waals surface area (Å²) in [5, 5.41) is 10.5. The molecule has 16 heavy (non-hydrogen) atoms. The van der Waals surface area contributed by atoms with Gasteiger partial charge in [-0.1, -0.05) is 6.92 Å². The molecule has 0 aromatic carbocycles. The number of thiazole rings is 1. The molecule has 0 bridgehead atoms. The summed E-state index contributed by atoms with van der Waals surface area (Å²) in [5.41, 5.74) is 6.55. The molecule has 0 saturated heterocycles. The summed E-state index contributed by atoms with van der Waals surface area (Å²) in [6.07, 6.45) is 1.63. The fraction of sp³-hybridized carbons (Fsp3) is 0.636. The molecule has 0 amide bonds. The van der Waals surface area contributed by atoms with Crippen LogP contribution in [0.15, 0.2) is 5.38 Å². The zero-order valence-corrected chi connectivity index (χ0v) is 11.0. The Kier molecular flexibility index (Phi) is 4.89. The number of amidine groups is 1. The molecule has 0 radical (unpaired) electrons. The molecular weight excluding hydrogens is 220 g/mol. The van der Waals surface area contributed by atoms with Crippen molar-refractivity contribution in [2.75, 3.05) is 7.05 Å². The lowest BCUT2D eigenvalue weighted by atomic mass is 10.1. The quantitative estimate of drug-likeness (QED) is 0.590. The molecule has 3 N–H and O–H groups in total. The first-order valence-corrected chi connectivity index (χ1v) is 6.35. The number of hydrogen-bond acceptors (Lipinski definition) is 4. The normalized spacial score (nSPS) is 13.0. The highest BCUT2D eigenvalue weighted by molar-refractivity contribution is 7.09. The Balaban J connectivity index is 2.55. The molecule has 0 spiro atoms. The smallest absolute Gasteiger partial charge is 0.0921 e. The maximum Gasteiger partial charge on any atom is 0.0921 e. The lowest BCUT2D eigenvalue weighted by Crippen LogP contribution is -2.34. The van der Waals surface area contributed by atoms with Gasteiger partial charge in [0.2, 0.25) is 0 Å². The molecule has 0 aliphatic rings. The summed E-state index contributed by atoms with van der Waals surface area (Å²) in [5.74, 6) is 0.258. The molecule has 1 aromatic rings. The van der Waals surface area contributed by atoms with Crippen LogP contribution in [0, 0.1) is 12.3 Å². The van der Waals surface area contributed by atoms with Gasteiger partial charge in [-0.3, -0.25) is 10.3 Å². The Morgan fingerprint density at radius 2 is 2.38 bits per heavy atom. The number of nitrogens with one attached hydrogen (secondary N) is 1. The van der Waals surface area contributed by atoms with E-state index >= 15 is 0 Å². The van der Waals surface area contributed by atoms with Crippen molar-refractivity contribution in [3.63, 3.8) is 0 Å². The number of nitrogens with two attached hydrogens (primary N) is 1. The van der Waals surface area contributed by atoms with E-state index in [1.807, 2.05) is 6.92 Å². The summed E-state index contributed by atoms with van der Waals surface area (Å²) in [6, 6.07) is 0.333. The highest BCUT2D eigenvalue weighted by Gasteiger charge is 2.14. The third kappa shape index (κ3) is 3.90. The van der Waals surface area contributed by atoms with Crippen molar-refractivity contribution in [1.82, 2.24) is 9.88 Å². The molecular formula is C11H20N4S. The Bertz CT molecular complexity index is 348. The summed E-state index contributed by atoms with van der Waals surface area (Å²) in [6.45, 7) is 4.97. The van der Waals surface area contributed by atoms with E-state index in [0.29, 0.717) is 12.5 Å². The Morgan fingerprint density at radius 3 is 2.81 bits per heavy atom. The minimum Gasteiger partial charge on any atom is -0.388 e. The van der Waals surface area contributed by atoms with Gasteiger partial charge in [-0.05, 0) is 20.4 Å². The van der Waals surface area contributed by atoms with Crippen molar-refractivity contribution in [2.24, 2.45) is 5.73 Å². The Labute approximate surface area is 101 Å². The van der Waals surface area contributed by atoms with Gasteiger partial charge in [-0.2, -0.15) is 0 Å². The third-order valence-electron chi connectivity index (χ3n) is 2.63. The van der Waals surface area contributed by atoms with Crippen LogP contribution in [0.5, 0.6) is 0 Å². The second-order valence-electron chi connectivity index (χ2n) is 4.06. The van der Waals surface area contributed by atoms with Crippen molar-refractivity contribution in [1.29, 1.82) is 5.41 Å². The van der Waals surface area contributed by atoms with Gasteiger partial charge in [0.1, 0.15) is 0 Å². The van der Waals surface area contributed by atoms with Gasteiger partial charge in [0.05, 0.1) is 16.5 Å². The highest BCUT2D eigenvalue weighted by atomic mass is 32.1. The molecule has 1 atom stereocenters. The largest absolute Gasteiger partial charge is 0.388 e. The molecule has 5 heteroatoms. The first-order valence-electron chi connectivity index (χ1n) is 5.47. The van der Waals surface area contributed by atoms with Crippen LogP contribution in [-0.4, -0.2) is 28.8 Å². The number of nitrogens with zero attached hydrogens (tertiary/aromatic N) is 2. The molecule has 1 unspecified atom stereocenters. The van der Waals surface area contributed by atoms with Crippen molar-refractivity contribution in [3.8, 4) is 0 Å². The van der Waals surface area contributed by atoms with E-state index in [9.17, 15) is 0 Å². The maximum absolute atomic E-state index is 7.34. The average molecular weight is 240 g/mol. The van der Waals surface area contributed by atoms with Crippen LogP contribution in [0.2, 0.25) is 0 Å². The van der Waals surface area contributed by atoms with Crippen molar-refractivity contribution in [2.45, 2.75) is 39.3 Å². The Morgan fingerprint density at radius 1 is 1.69 bits per heavy atom. The lowest BCUT2D eigenvalue weighted by molar-refractivity contribution is 0.230. The highest BCUT2D eigenvalue weighted by Crippen LogP contribution is 2.13. The molecule has 4 nitrogen and oxygen atoms in total. The first-order chi connectivity index (χ1) is 7.52. The zero-order chi connectivity index (χ0) is 12.1. The zero-order valence-electron chi connectivity index (χ0n) is 10.2. The molecule has 0 fully saturated rings. The molecule has 0 aliphatic heterocycles. The fourth-order valence-corrected chi connectivity index (χ4v) is 2.33. The summed E-state index contributed by atoms with van der Waals surface area (Å²) in [7, 11) is 2.06. The van der Waals surface area contributed by atoms with Crippen molar-refractivity contribution < 1.29 is 0 Å². The Hall–Kier alpha value is -0.940. The number of rotatable bonds is 6. The van der Waals surface area contributed by atoms with Crippen LogP contribution in [0.1, 0.15) is 30.5 Å². The van der Waals surface area contributed by atoms with Gasteiger partial charge >= 0.3 is 0 Å². The second kappa shape index (κ2) is 5.96. The number of hydrogen-bond donors (Lipinski definition) is 2. The summed E-state index contributed by atoms with van der Waals surface area (Å²) in [4.78, 5) is 6.66. The van der Waals surface area contributed by atoms with E-state index in [-0.39, 0.29) is 5.84 Å². The molecule has 1 rings (SSSR count). The maximum atomic E-state index is 7.34. The van der Waals surface area contributed by atoms with E-state index in [0.717, 1.165) is 23.7 Å².